The van der Waals surface area contributed by atoms with Gasteiger partial charge in [-0.05, 0) is 25.5 Å². The van der Waals surface area contributed by atoms with E-state index in [4.69, 9.17) is 0 Å². The van der Waals surface area contributed by atoms with Crippen molar-refractivity contribution in [3.63, 3.8) is 0 Å². The van der Waals surface area contributed by atoms with E-state index in [0.29, 0.717) is 6.04 Å². The summed E-state index contributed by atoms with van der Waals surface area (Å²) in [4.78, 5) is 8.28. The third-order valence-corrected chi connectivity index (χ3v) is 3.06. The summed E-state index contributed by atoms with van der Waals surface area (Å²) >= 11 is 0. The van der Waals surface area contributed by atoms with Gasteiger partial charge in [0, 0.05) is 6.04 Å². The topological polar surface area (TPSA) is 55.6 Å². The normalized spacial score (nSPS) is 12.3. The van der Waals surface area contributed by atoms with Crippen molar-refractivity contribution in [3.05, 3.63) is 31.0 Å². The molecule has 19 heavy (non-hydrogen) atoms. The maximum atomic E-state index is 4.37. The van der Waals surface area contributed by atoms with Crippen molar-refractivity contribution < 1.29 is 0 Å². The molecule has 5 heteroatoms. The van der Waals surface area contributed by atoms with Crippen LogP contribution in [0.1, 0.15) is 39.5 Å². The van der Waals surface area contributed by atoms with Crippen molar-refractivity contribution in [1.29, 1.82) is 0 Å². The van der Waals surface area contributed by atoms with Crippen molar-refractivity contribution >= 4 is 5.69 Å². The number of nitrogens with one attached hydrogen (secondary N) is 1. The molecule has 0 spiro atoms. The molecule has 0 saturated heterocycles. The molecule has 0 bridgehead atoms. The first kappa shape index (κ1) is 13.5. The fraction of sp³-hybridized carbons (Fsp3) is 0.500. The van der Waals surface area contributed by atoms with E-state index < -0.39 is 0 Å². The molecule has 0 saturated carbocycles. The highest BCUT2D eigenvalue weighted by atomic mass is 15.3. The lowest BCUT2D eigenvalue weighted by molar-refractivity contribution is 0.615. The SMILES string of the molecule is CCCCCC(C)Nc1ccc(-n2cncn2)nc1. The van der Waals surface area contributed by atoms with Gasteiger partial charge >= 0.3 is 0 Å². The van der Waals surface area contributed by atoms with Crippen LogP contribution >= 0.6 is 0 Å². The lowest BCUT2D eigenvalue weighted by atomic mass is 10.1. The Morgan fingerprint density at radius 2 is 2.21 bits per heavy atom. The van der Waals surface area contributed by atoms with Gasteiger partial charge in [0.2, 0.25) is 0 Å². The first-order valence-electron chi connectivity index (χ1n) is 6.87. The smallest absolute Gasteiger partial charge is 0.155 e. The quantitative estimate of drug-likeness (QED) is 0.776. The second kappa shape index (κ2) is 6.87. The number of rotatable bonds is 7. The van der Waals surface area contributed by atoms with Crippen molar-refractivity contribution in [2.45, 2.75) is 45.6 Å². The predicted octanol–water partition coefficient (Wildman–Crippen LogP) is 3.04. The molecular formula is C14H21N5. The average molecular weight is 259 g/mol. The summed E-state index contributed by atoms with van der Waals surface area (Å²) in [5.41, 5.74) is 1.05. The molecule has 2 rings (SSSR count). The zero-order valence-electron chi connectivity index (χ0n) is 11.6. The standard InChI is InChI=1S/C14H21N5/c1-3-4-5-6-12(2)18-13-7-8-14(16-9-13)19-11-15-10-17-19/h7-12,18H,3-6H2,1-2H3. The van der Waals surface area contributed by atoms with Crippen LogP contribution in [-0.2, 0) is 0 Å². The Bertz CT molecular complexity index is 463. The van der Waals surface area contributed by atoms with Gasteiger partial charge in [-0.15, -0.1) is 0 Å². The Hall–Kier alpha value is -1.91. The Balaban J connectivity index is 1.88. The highest BCUT2D eigenvalue weighted by Crippen LogP contribution is 2.12. The number of hydrogen-bond acceptors (Lipinski definition) is 4. The molecule has 1 unspecified atom stereocenters. The van der Waals surface area contributed by atoms with E-state index >= 15 is 0 Å². The molecule has 1 N–H and O–H groups in total. The van der Waals surface area contributed by atoms with Crippen LogP contribution in [0, 0.1) is 0 Å². The molecular weight excluding hydrogens is 238 g/mol. The van der Waals surface area contributed by atoms with Crippen LogP contribution in [0.15, 0.2) is 31.0 Å². The first-order chi connectivity index (χ1) is 9.29. The van der Waals surface area contributed by atoms with Gasteiger partial charge in [-0.1, -0.05) is 26.2 Å². The Morgan fingerprint density at radius 1 is 1.32 bits per heavy atom. The second-order valence-corrected chi connectivity index (χ2v) is 4.79. The number of nitrogens with zero attached hydrogens (tertiary/aromatic N) is 4. The Morgan fingerprint density at radius 3 is 2.84 bits per heavy atom. The molecule has 2 aromatic heterocycles. The summed E-state index contributed by atoms with van der Waals surface area (Å²) in [5, 5.41) is 7.52. The zero-order chi connectivity index (χ0) is 13.5. The van der Waals surface area contributed by atoms with Gasteiger partial charge in [-0.3, -0.25) is 0 Å². The van der Waals surface area contributed by atoms with Crippen LogP contribution in [0.4, 0.5) is 5.69 Å². The van der Waals surface area contributed by atoms with Crippen LogP contribution in [0.2, 0.25) is 0 Å². The molecule has 0 aliphatic rings. The number of unbranched alkanes of at least 4 members (excludes halogenated alkanes) is 2. The van der Waals surface area contributed by atoms with E-state index in [1.807, 2.05) is 18.3 Å². The zero-order valence-corrected chi connectivity index (χ0v) is 11.6. The van der Waals surface area contributed by atoms with E-state index in [1.165, 1.54) is 32.0 Å². The van der Waals surface area contributed by atoms with Gasteiger partial charge in [0.25, 0.3) is 0 Å². The largest absolute Gasteiger partial charge is 0.381 e. The lowest BCUT2D eigenvalue weighted by Gasteiger charge is -2.14. The summed E-state index contributed by atoms with van der Waals surface area (Å²) < 4.78 is 1.65. The minimum absolute atomic E-state index is 0.477. The van der Waals surface area contributed by atoms with E-state index in [1.54, 1.807) is 11.0 Å². The molecule has 2 heterocycles. The van der Waals surface area contributed by atoms with Gasteiger partial charge < -0.3 is 5.32 Å². The fourth-order valence-corrected chi connectivity index (χ4v) is 1.99. The molecule has 2 aromatic rings. The molecule has 102 valence electrons. The van der Waals surface area contributed by atoms with Crippen LogP contribution < -0.4 is 5.32 Å². The van der Waals surface area contributed by atoms with Crippen molar-refractivity contribution in [2.24, 2.45) is 0 Å². The predicted molar refractivity (Wildman–Crippen MR) is 76.4 cm³/mol. The summed E-state index contributed by atoms with van der Waals surface area (Å²) in [6, 6.07) is 4.45. The van der Waals surface area contributed by atoms with Crippen LogP contribution in [0.3, 0.4) is 0 Å². The van der Waals surface area contributed by atoms with Gasteiger partial charge in [0.15, 0.2) is 5.82 Å². The minimum atomic E-state index is 0.477. The third-order valence-electron chi connectivity index (χ3n) is 3.06. The van der Waals surface area contributed by atoms with Crippen LogP contribution in [-0.4, -0.2) is 25.8 Å². The second-order valence-electron chi connectivity index (χ2n) is 4.79. The van der Waals surface area contributed by atoms with Crippen molar-refractivity contribution in [2.75, 3.05) is 5.32 Å². The van der Waals surface area contributed by atoms with E-state index in [-0.39, 0.29) is 0 Å². The molecule has 0 radical (unpaired) electrons. The molecule has 0 amide bonds. The van der Waals surface area contributed by atoms with Gasteiger partial charge in [0.05, 0.1) is 11.9 Å². The van der Waals surface area contributed by atoms with E-state index in [2.05, 4.69) is 34.2 Å². The number of aromatic nitrogens is 4. The fourth-order valence-electron chi connectivity index (χ4n) is 1.99. The molecule has 0 aliphatic heterocycles. The maximum absolute atomic E-state index is 4.37. The maximum Gasteiger partial charge on any atom is 0.155 e. The van der Waals surface area contributed by atoms with Crippen LogP contribution in [0.5, 0.6) is 0 Å². The molecule has 0 aliphatic carbocycles. The summed E-state index contributed by atoms with van der Waals surface area (Å²) in [7, 11) is 0. The molecule has 1 atom stereocenters. The summed E-state index contributed by atoms with van der Waals surface area (Å²) in [6.45, 7) is 4.44. The van der Waals surface area contributed by atoms with Gasteiger partial charge in [0.1, 0.15) is 12.7 Å². The summed E-state index contributed by atoms with van der Waals surface area (Å²) in [5.74, 6) is 0.779. The van der Waals surface area contributed by atoms with Crippen molar-refractivity contribution in [1.82, 2.24) is 19.7 Å². The number of hydrogen-bond donors (Lipinski definition) is 1. The first-order valence-corrected chi connectivity index (χ1v) is 6.87. The lowest BCUT2D eigenvalue weighted by Crippen LogP contribution is -2.15. The van der Waals surface area contributed by atoms with Gasteiger partial charge in [-0.2, -0.15) is 5.10 Å². The minimum Gasteiger partial charge on any atom is -0.381 e. The highest BCUT2D eigenvalue weighted by Gasteiger charge is 2.03. The molecule has 0 aromatic carbocycles. The molecule has 5 nitrogen and oxygen atoms in total. The Kier molecular flexibility index (Phi) is 4.89. The monoisotopic (exact) mass is 259 g/mol. The number of pyridine rings is 1. The highest BCUT2D eigenvalue weighted by molar-refractivity contribution is 5.44. The van der Waals surface area contributed by atoms with E-state index in [9.17, 15) is 0 Å². The third kappa shape index (κ3) is 4.05. The number of anilines is 1. The van der Waals surface area contributed by atoms with Gasteiger partial charge in [-0.25, -0.2) is 14.6 Å². The summed E-state index contributed by atoms with van der Waals surface area (Å²) in [6.07, 6.45) is 10.0. The Labute approximate surface area is 114 Å². The molecule has 0 fully saturated rings. The van der Waals surface area contributed by atoms with Crippen LogP contribution in [0.25, 0.3) is 5.82 Å². The van der Waals surface area contributed by atoms with E-state index in [0.717, 1.165) is 11.5 Å². The van der Waals surface area contributed by atoms with Crippen molar-refractivity contribution in [3.8, 4) is 5.82 Å². The average Bonchev–Trinajstić information content (AvgIpc) is 2.94.